The van der Waals surface area contributed by atoms with Crippen molar-refractivity contribution < 1.29 is 19.4 Å². The largest absolute Gasteiger partial charge is 0.459 e. The minimum absolute atomic E-state index is 0.00587. The molecule has 1 aromatic rings. The molecular weight excluding hydrogens is 446 g/mol. The fourth-order valence-corrected chi connectivity index (χ4v) is 4.89. The summed E-state index contributed by atoms with van der Waals surface area (Å²) in [7, 11) is 1.89. The third-order valence-electron chi connectivity index (χ3n) is 6.32. The van der Waals surface area contributed by atoms with E-state index in [0.29, 0.717) is 18.8 Å². The molecule has 1 heterocycles. The zero-order valence-electron chi connectivity index (χ0n) is 18.1. The van der Waals surface area contributed by atoms with Gasteiger partial charge in [-0.2, -0.15) is 0 Å². The van der Waals surface area contributed by atoms with Crippen molar-refractivity contribution in [3.05, 3.63) is 46.1 Å². The maximum absolute atomic E-state index is 13.3. The molecule has 0 spiro atoms. The second-order valence-electron chi connectivity index (χ2n) is 8.29. The minimum atomic E-state index is -0.501. The zero-order chi connectivity index (χ0) is 21.5. The number of nitrogens with zero attached hydrogens (tertiary/aromatic N) is 1. The summed E-state index contributed by atoms with van der Waals surface area (Å²) in [6, 6.07) is 8.48. The number of carbonyl (C=O) groups excluding carboxylic acids is 1. The molecule has 30 heavy (non-hydrogen) atoms. The van der Waals surface area contributed by atoms with Gasteiger partial charge >= 0.3 is 0 Å². The van der Waals surface area contributed by atoms with Gasteiger partial charge in [0.05, 0.1) is 0 Å². The Morgan fingerprint density at radius 2 is 1.93 bits per heavy atom. The normalized spacial score (nSPS) is 24.8. The monoisotopic (exact) mass is 479 g/mol. The Kier molecular flexibility index (Phi) is 8.78. The van der Waals surface area contributed by atoms with Crippen LogP contribution in [0.15, 0.2) is 40.6 Å². The molecule has 166 valence electrons. The number of aliphatic hydroxyl groups excluding tert-OH is 1. The number of hydrogen-bond donors (Lipinski definition) is 1. The number of allylic oxidation sites excluding steroid dienone is 1. The Hall–Kier alpha value is -1.37. The third-order valence-corrected chi connectivity index (χ3v) is 6.85. The Morgan fingerprint density at radius 1 is 1.23 bits per heavy atom. The summed E-state index contributed by atoms with van der Waals surface area (Å²) in [5.41, 5.74) is 1.12. The number of hydrogen-bond acceptors (Lipinski definition) is 4. The molecule has 5 nitrogen and oxygen atoms in total. The number of halogens is 1. The lowest BCUT2D eigenvalue weighted by Gasteiger charge is -2.39. The Labute approximate surface area is 188 Å². The topological polar surface area (TPSA) is 59.0 Å². The highest BCUT2D eigenvalue weighted by Crippen LogP contribution is 2.40. The van der Waals surface area contributed by atoms with Gasteiger partial charge in [0.25, 0.3) is 5.91 Å². The van der Waals surface area contributed by atoms with Crippen LogP contribution in [0.4, 0.5) is 0 Å². The summed E-state index contributed by atoms with van der Waals surface area (Å²) in [6.45, 7) is 2.57. The molecule has 1 aliphatic carbocycles. The van der Waals surface area contributed by atoms with Gasteiger partial charge < -0.3 is 19.5 Å². The predicted molar refractivity (Wildman–Crippen MR) is 121 cm³/mol. The zero-order valence-corrected chi connectivity index (χ0v) is 19.6. The second-order valence-corrected chi connectivity index (χ2v) is 9.20. The molecule has 0 unspecified atom stereocenters. The van der Waals surface area contributed by atoms with Crippen molar-refractivity contribution in [3.63, 3.8) is 0 Å². The molecule has 3 atom stereocenters. The number of rotatable bonds is 8. The third kappa shape index (κ3) is 5.65. The Bertz CT molecular complexity index is 714. The summed E-state index contributed by atoms with van der Waals surface area (Å²) < 4.78 is 13.1. The summed E-state index contributed by atoms with van der Waals surface area (Å²) in [5.74, 6) is 0.354. The van der Waals surface area contributed by atoms with Crippen LogP contribution >= 0.6 is 15.9 Å². The average Bonchev–Trinajstić information content (AvgIpc) is 2.78. The van der Waals surface area contributed by atoms with Gasteiger partial charge in [-0.15, -0.1) is 0 Å². The number of amides is 1. The van der Waals surface area contributed by atoms with Gasteiger partial charge in [0.2, 0.25) is 6.29 Å². The van der Waals surface area contributed by atoms with E-state index in [1.807, 2.05) is 37.1 Å². The van der Waals surface area contributed by atoms with Crippen LogP contribution in [-0.2, 0) is 14.3 Å². The molecular formula is C24H34BrNO4. The smallest absolute Gasteiger partial charge is 0.288 e. The van der Waals surface area contributed by atoms with Crippen LogP contribution in [-0.4, -0.2) is 48.5 Å². The van der Waals surface area contributed by atoms with E-state index in [2.05, 4.69) is 28.1 Å². The van der Waals surface area contributed by atoms with Crippen LogP contribution < -0.4 is 0 Å². The van der Waals surface area contributed by atoms with Crippen LogP contribution in [0.25, 0.3) is 0 Å². The second kappa shape index (κ2) is 11.3. The van der Waals surface area contributed by atoms with Crippen molar-refractivity contribution in [2.75, 3.05) is 20.3 Å². The lowest BCUT2D eigenvalue weighted by Crippen LogP contribution is -2.43. The predicted octanol–water partition coefficient (Wildman–Crippen LogP) is 4.99. The Balaban J connectivity index is 1.90. The highest BCUT2D eigenvalue weighted by Gasteiger charge is 2.39. The first-order valence-corrected chi connectivity index (χ1v) is 12.0. The van der Waals surface area contributed by atoms with E-state index < -0.39 is 6.29 Å². The molecule has 1 saturated carbocycles. The van der Waals surface area contributed by atoms with Crippen LogP contribution in [0.2, 0.25) is 0 Å². The lowest BCUT2D eigenvalue weighted by atomic mass is 9.80. The average molecular weight is 480 g/mol. The number of ether oxygens (including phenoxy) is 2. The molecule has 6 heteroatoms. The maximum Gasteiger partial charge on any atom is 0.288 e. The molecule has 1 fully saturated rings. The van der Waals surface area contributed by atoms with E-state index in [1.165, 1.54) is 19.3 Å². The molecule has 3 rings (SSSR count). The number of carbonyl (C=O) groups is 1. The van der Waals surface area contributed by atoms with E-state index in [4.69, 9.17) is 9.47 Å². The van der Waals surface area contributed by atoms with Crippen molar-refractivity contribution in [2.24, 2.45) is 5.92 Å². The van der Waals surface area contributed by atoms with Crippen molar-refractivity contribution >= 4 is 21.8 Å². The van der Waals surface area contributed by atoms with Gasteiger partial charge in [0.15, 0.2) is 5.76 Å². The number of benzene rings is 1. The van der Waals surface area contributed by atoms with Crippen molar-refractivity contribution in [2.45, 2.75) is 70.1 Å². The van der Waals surface area contributed by atoms with Gasteiger partial charge in [0.1, 0.15) is 0 Å². The summed E-state index contributed by atoms with van der Waals surface area (Å²) in [6.07, 6.45) is 8.62. The molecule has 2 aliphatic rings. The molecule has 1 aromatic carbocycles. The van der Waals surface area contributed by atoms with Crippen molar-refractivity contribution in [3.8, 4) is 0 Å². The molecule has 1 N–H and O–H groups in total. The molecule has 0 radical (unpaired) electrons. The SMILES string of the molecule is CCO[C@H]1OC(C(=O)N(C)C2CCCCC2)=C[C@@H](c2ccc(Br)cc2)[C@H]1CCCO. The molecule has 0 aromatic heterocycles. The standard InChI is InChI=1S/C24H34BrNO4/c1-3-29-24-20(10-7-15-27)21(17-11-13-18(25)14-12-17)16-22(30-24)23(28)26(2)19-8-5-4-6-9-19/h11-14,16,19-21,24,27H,3-10,15H2,1-2H3/t20-,21+,24+/m1/s1. The van der Waals surface area contributed by atoms with Gasteiger partial charge in [-0.1, -0.05) is 47.3 Å². The van der Waals surface area contributed by atoms with Gasteiger partial charge in [0, 0.05) is 42.6 Å². The fraction of sp³-hybridized carbons (Fsp3) is 0.625. The van der Waals surface area contributed by atoms with E-state index >= 15 is 0 Å². The number of likely N-dealkylation sites (N-methyl/N-ethyl adjacent to an activating group) is 1. The van der Waals surface area contributed by atoms with E-state index in [0.717, 1.165) is 29.3 Å². The first-order chi connectivity index (χ1) is 14.5. The molecule has 1 amide bonds. The Morgan fingerprint density at radius 3 is 2.57 bits per heavy atom. The summed E-state index contributed by atoms with van der Waals surface area (Å²) in [5, 5.41) is 9.40. The minimum Gasteiger partial charge on any atom is -0.459 e. The summed E-state index contributed by atoms with van der Waals surface area (Å²) >= 11 is 3.50. The highest BCUT2D eigenvalue weighted by atomic mass is 79.9. The summed E-state index contributed by atoms with van der Waals surface area (Å²) in [4.78, 5) is 15.2. The van der Waals surface area contributed by atoms with Crippen molar-refractivity contribution in [1.82, 2.24) is 4.90 Å². The van der Waals surface area contributed by atoms with E-state index in [1.54, 1.807) is 0 Å². The maximum atomic E-state index is 13.3. The van der Waals surface area contributed by atoms with E-state index in [-0.39, 0.29) is 30.4 Å². The fourth-order valence-electron chi connectivity index (χ4n) is 4.63. The van der Waals surface area contributed by atoms with Crippen molar-refractivity contribution in [1.29, 1.82) is 0 Å². The first kappa shape index (κ1) is 23.3. The van der Waals surface area contributed by atoms with Gasteiger partial charge in [-0.05, 0) is 56.4 Å². The van der Waals surface area contributed by atoms with Gasteiger partial charge in [-0.3, -0.25) is 4.79 Å². The van der Waals surface area contributed by atoms with Crippen LogP contribution in [0, 0.1) is 5.92 Å². The van der Waals surface area contributed by atoms with Gasteiger partial charge in [-0.25, -0.2) is 0 Å². The van der Waals surface area contributed by atoms with E-state index in [9.17, 15) is 9.90 Å². The van der Waals surface area contributed by atoms with Crippen LogP contribution in [0.1, 0.15) is 63.4 Å². The number of aliphatic hydroxyl groups is 1. The highest BCUT2D eigenvalue weighted by molar-refractivity contribution is 9.10. The molecule has 0 bridgehead atoms. The quantitative estimate of drug-likeness (QED) is 0.570. The molecule has 1 aliphatic heterocycles. The lowest BCUT2D eigenvalue weighted by molar-refractivity contribution is -0.170. The van der Waals surface area contributed by atoms with Crippen LogP contribution in [0.5, 0.6) is 0 Å². The van der Waals surface area contributed by atoms with Crippen LogP contribution in [0.3, 0.4) is 0 Å². The first-order valence-electron chi connectivity index (χ1n) is 11.2. The molecule has 0 saturated heterocycles.